The molecule has 0 radical (unpaired) electrons. The lowest BCUT2D eigenvalue weighted by Crippen LogP contribution is -2.30. The molecule has 3 N–H and O–H groups in total. The highest BCUT2D eigenvalue weighted by molar-refractivity contribution is 7.47. The molecule has 554 valence electrons. The second-order valence-electron chi connectivity index (χ2n) is 27.5. The van der Waals surface area contributed by atoms with Gasteiger partial charge < -0.3 is 33.8 Å². The molecular weight excluding hydrogens is 1230 g/mol. The van der Waals surface area contributed by atoms with Crippen molar-refractivity contribution in [3.8, 4) is 0 Å². The average molecular weight is 1380 g/mol. The summed E-state index contributed by atoms with van der Waals surface area (Å²) in [7, 11) is -9.92. The Hall–Kier alpha value is -2.46. The van der Waals surface area contributed by atoms with Crippen molar-refractivity contribution in [2.24, 2.45) is 17.8 Å². The van der Waals surface area contributed by atoms with Crippen LogP contribution in [0.15, 0.2) is 24.3 Å². The smallest absolute Gasteiger partial charge is 0.462 e. The molecule has 19 heteroatoms. The van der Waals surface area contributed by atoms with Gasteiger partial charge in [-0.1, -0.05) is 304 Å². The SMILES string of the molecule is CCCCCC/C=C\C=C/CCCCCCCC(=O)O[C@H](COC(=O)CCCCCCCCC(C)C)COP(=O)(O)OC[C@H](O)COP(=O)(O)OC[C@@H](COC(=O)CCCCCCCCCCCCCCCCCC(C)C)OC(=O)CCCCCCCCCCC(C)CC. The van der Waals surface area contributed by atoms with Crippen LogP contribution in [-0.4, -0.2) is 96.7 Å². The quantitative estimate of drug-likeness (QED) is 0.0169. The number of aliphatic hydroxyl groups is 1. The molecular formula is C75H142O17P2. The number of hydrogen-bond acceptors (Lipinski definition) is 15. The molecule has 94 heavy (non-hydrogen) atoms. The van der Waals surface area contributed by atoms with E-state index in [4.69, 9.17) is 37.0 Å². The summed E-state index contributed by atoms with van der Waals surface area (Å²) < 4.78 is 68.4. The van der Waals surface area contributed by atoms with Gasteiger partial charge in [0.05, 0.1) is 26.4 Å². The summed E-state index contributed by atoms with van der Waals surface area (Å²) in [4.78, 5) is 72.7. The molecule has 17 nitrogen and oxygen atoms in total. The first kappa shape index (κ1) is 91.5. The number of hydrogen-bond donors (Lipinski definition) is 3. The lowest BCUT2D eigenvalue weighted by molar-refractivity contribution is -0.161. The van der Waals surface area contributed by atoms with Crippen molar-refractivity contribution in [3.63, 3.8) is 0 Å². The topological polar surface area (TPSA) is 237 Å². The monoisotopic (exact) mass is 1380 g/mol. The fourth-order valence-electron chi connectivity index (χ4n) is 10.9. The van der Waals surface area contributed by atoms with Crippen LogP contribution in [0.5, 0.6) is 0 Å². The van der Waals surface area contributed by atoms with Crippen LogP contribution in [0.1, 0.15) is 357 Å². The number of carbonyl (C=O) groups is 4. The highest BCUT2D eigenvalue weighted by Gasteiger charge is 2.30. The molecule has 0 saturated heterocycles. The Morgan fingerprint density at radius 2 is 0.628 bits per heavy atom. The third-order valence-electron chi connectivity index (χ3n) is 17.1. The second kappa shape index (κ2) is 65.2. The zero-order chi connectivity index (χ0) is 69.4. The molecule has 0 heterocycles. The predicted molar refractivity (Wildman–Crippen MR) is 381 cm³/mol. The molecule has 0 amide bonds. The molecule has 0 aromatic carbocycles. The largest absolute Gasteiger partial charge is 0.472 e. The van der Waals surface area contributed by atoms with Crippen LogP contribution in [0.3, 0.4) is 0 Å². The van der Waals surface area contributed by atoms with E-state index in [0.29, 0.717) is 31.6 Å². The van der Waals surface area contributed by atoms with Gasteiger partial charge in [-0.25, -0.2) is 9.13 Å². The zero-order valence-corrected chi connectivity index (χ0v) is 62.7. The number of aliphatic hydroxyl groups excluding tert-OH is 1. The van der Waals surface area contributed by atoms with E-state index in [1.165, 1.54) is 148 Å². The Balaban J connectivity index is 5.24. The molecule has 0 rings (SSSR count). The van der Waals surface area contributed by atoms with Gasteiger partial charge in [0.15, 0.2) is 12.2 Å². The van der Waals surface area contributed by atoms with Crippen LogP contribution in [0.4, 0.5) is 0 Å². The van der Waals surface area contributed by atoms with Crippen molar-refractivity contribution in [1.29, 1.82) is 0 Å². The molecule has 0 aromatic heterocycles. The fourth-order valence-corrected chi connectivity index (χ4v) is 12.4. The average Bonchev–Trinajstić information content (AvgIpc) is 2.48. The van der Waals surface area contributed by atoms with E-state index >= 15 is 0 Å². The van der Waals surface area contributed by atoms with Gasteiger partial charge in [0.1, 0.15) is 19.3 Å². The molecule has 3 unspecified atom stereocenters. The first-order valence-electron chi connectivity index (χ1n) is 38.2. The summed E-state index contributed by atoms with van der Waals surface area (Å²) in [6.07, 6.45) is 53.7. The van der Waals surface area contributed by atoms with Crippen molar-refractivity contribution < 1.29 is 80.2 Å². The highest BCUT2D eigenvalue weighted by Crippen LogP contribution is 2.45. The van der Waals surface area contributed by atoms with E-state index in [-0.39, 0.29) is 25.7 Å². The number of ether oxygens (including phenoxy) is 4. The minimum absolute atomic E-state index is 0.0836. The van der Waals surface area contributed by atoms with E-state index in [1.54, 1.807) is 0 Å². The summed E-state index contributed by atoms with van der Waals surface area (Å²) in [5, 5.41) is 10.6. The maximum atomic E-state index is 13.1. The number of esters is 4. The Morgan fingerprint density at radius 3 is 0.947 bits per heavy atom. The Kier molecular flexibility index (Phi) is 63.5. The van der Waals surface area contributed by atoms with Crippen LogP contribution in [0.25, 0.3) is 0 Å². The summed E-state index contributed by atoms with van der Waals surface area (Å²) in [6, 6.07) is 0. The van der Waals surface area contributed by atoms with Crippen LogP contribution in [-0.2, 0) is 65.4 Å². The number of unbranched alkanes of at least 4 members (excludes halogenated alkanes) is 35. The number of phosphoric ester groups is 2. The highest BCUT2D eigenvalue weighted by atomic mass is 31.2. The van der Waals surface area contributed by atoms with Gasteiger partial charge in [-0.15, -0.1) is 0 Å². The van der Waals surface area contributed by atoms with E-state index in [9.17, 15) is 43.2 Å². The van der Waals surface area contributed by atoms with Crippen LogP contribution in [0.2, 0.25) is 0 Å². The van der Waals surface area contributed by atoms with E-state index in [0.717, 1.165) is 121 Å². The number of carbonyl (C=O) groups excluding carboxylic acids is 4. The summed E-state index contributed by atoms with van der Waals surface area (Å²) in [5.41, 5.74) is 0. The van der Waals surface area contributed by atoms with Crippen LogP contribution < -0.4 is 0 Å². The molecule has 6 atom stereocenters. The molecule has 0 aliphatic rings. The maximum Gasteiger partial charge on any atom is 0.472 e. The molecule has 0 saturated carbocycles. The zero-order valence-electron chi connectivity index (χ0n) is 60.9. The van der Waals surface area contributed by atoms with Crippen LogP contribution in [0, 0.1) is 17.8 Å². The fraction of sp³-hybridized carbons (Fsp3) is 0.893. The molecule has 0 fully saturated rings. The molecule has 0 spiro atoms. The van der Waals surface area contributed by atoms with Crippen molar-refractivity contribution >= 4 is 39.5 Å². The van der Waals surface area contributed by atoms with Gasteiger partial charge in [0, 0.05) is 25.7 Å². The number of phosphoric acid groups is 2. The van der Waals surface area contributed by atoms with Crippen molar-refractivity contribution in [2.75, 3.05) is 39.6 Å². The van der Waals surface area contributed by atoms with Crippen LogP contribution >= 0.6 is 15.6 Å². The Bertz CT molecular complexity index is 1930. The summed E-state index contributed by atoms with van der Waals surface area (Å²) in [6.45, 7) is 11.8. The number of allylic oxidation sites excluding steroid dienone is 4. The van der Waals surface area contributed by atoms with Gasteiger partial charge in [-0.2, -0.15) is 0 Å². The van der Waals surface area contributed by atoms with Crippen molar-refractivity contribution in [2.45, 2.75) is 375 Å². The lowest BCUT2D eigenvalue weighted by Gasteiger charge is -2.21. The predicted octanol–water partition coefficient (Wildman–Crippen LogP) is 21.3. The van der Waals surface area contributed by atoms with Gasteiger partial charge in [0.25, 0.3) is 0 Å². The summed E-state index contributed by atoms with van der Waals surface area (Å²) in [5.74, 6) is 0.0950. The van der Waals surface area contributed by atoms with Crippen molar-refractivity contribution in [3.05, 3.63) is 24.3 Å². The standard InChI is InChI=1S/C75H142O17P2/c1-8-10-11-12-13-14-15-16-18-23-26-29-35-44-51-58-74(79)91-71(63-86-73(78)57-50-43-38-37-40-47-54-67(5)6)65-90-94(83,84)88-61-69(76)60-87-93(81,82)89-64-70(92-75(80)59-52-45-36-31-30-33-41-48-55-68(7)9-2)62-85-72(77)56-49-42-34-28-25-22-20-17-19-21-24-27-32-39-46-53-66(3)4/h14-16,18,66-71,76H,8-13,17,19-65H2,1-7H3,(H,81,82)(H,83,84)/b15-14-,18-16-/t68?,69-,70-,71-/m1/s1. The van der Waals surface area contributed by atoms with Crippen molar-refractivity contribution in [1.82, 2.24) is 0 Å². The minimum Gasteiger partial charge on any atom is -0.462 e. The first-order valence-corrected chi connectivity index (χ1v) is 41.2. The second-order valence-corrected chi connectivity index (χ2v) is 30.5. The van der Waals surface area contributed by atoms with Gasteiger partial charge in [-0.3, -0.25) is 37.3 Å². The normalized spacial score (nSPS) is 14.6. The van der Waals surface area contributed by atoms with E-state index < -0.39 is 97.5 Å². The number of rotatable bonds is 71. The van der Waals surface area contributed by atoms with Gasteiger partial charge in [-0.05, 0) is 69.1 Å². The third kappa shape index (κ3) is 66.8. The Labute approximate surface area is 573 Å². The van der Waals surface area contributed by atoms with Gasteiger partial charge in [0.2, 0.25) is 0 Å². The molecule has 0 bridgehead atoms. The van der Waals surface area contributed by atoms with E-state index in [2.05, 4.69) is 72.8 Å². The lowest BCUT2D eigenvalue weighted by atomic mass is 9.99. The Morgan fingerprint density at radius 1 is 0.351 bits per heavy atom. The maximum absolute atomic E-state index is 13.1. The minimum atomic E-state index is -4.96. The first-order chi connectivity index (χ1) is 45.3. The third-order valence-corrected chi connectivity index (χ3v) is 19.0. The van der Waals surface area contributed by atoms with E-state index in [1.807, 2.05) is 0 Å². The van der Waals surface area contributed by atoms with Gasteiger partial charge >= 0.3 is 39.5 Å². The molecule has 0 aromatic rings. The molecule has 0 aliphatic heterocycles. The molecule has 0 aliphatic carbocycles. The summed E-state index contributed by atoms with van der Waals surface area (Å²) >= 11 is 0.